The predicted molar refractivity (Wildman–Crippen MR) is 89.2 cm³/mol. The molecular formula is C16H35ClSi. The van der Waals surface area contributed by atoms with E-state index in [1.807, 2.05) is 0 Å². The highest BCUT2D eigenvalue weighted by Crippen LogP contribution is 2.32. The maximum absolute atomic E-state index is 6.98. The Morgan fingerprint density at radius 3 is 1.44 bits per heavy atom. The molecule has 0 saturated carbocycles. The maximum Gasteiger partial charge on any atom is 0.156 e. The summed E-state index contributed by atoms with van der Waals surface area (Å²) in [6.07, 6.45) is 13.8. The molecule has 0 aliphatic carbocycles. The Morgan fingerprint density at radius 2 is 0.944 bits per heavy atom. The predicted octanol–water partition coefficient (Wildman–Crippen LogP) is 7.13. The first-order chi connectivity index (χ1) is 8.68. The van der Waals surface area contributed by atoms with Crippen molar-refractivity contribution in [3.05, 3.63) is 0 Å². The molecule has 0 saturated heterocycles. The maximum atomic E-state index is 6.98. The van der Waals surface area contributed by atoms with Gasteiger partial charge in [0.1, 0.15) is 0 Å². The van der Waals surface area contributed by atoms with Crippen LogP contribution in [0.25, 0.3) is 0 Å². The molecule has 0 spiro atoms. The van der Waals surface area contributed by atoms with E-state index >= 15 is 0 Å². The fourth-order valence-electron chi connectivity index (χ4n) is 2.58. The Morgan fingerprint density at radius 1 is 0.556 bits per heavy atom. The third kappa shape index (κ3) is 10.4. The van der Waals surface area contributed by atoms with Gasteiger partial charge < -0.3 is 0 Å². The molecule has 0 rings (SSSR count). The van der Waals surface area contributed by atoms with Gasteiger partial charge in [0.25, 0.3) is 0 Å². The van der Waals surface area contributed by atoms with E-state index in [0.717, 1.165) is 0 Å². The quantitative estimate of drug-likeness (QED) is 0.192. The molecule has 0 aliphatic rings. The number of unbranched alkanes of at least 4 members (excludes halogenated alkanes) is 7. The van der Waals surface area contributed by atoms with Crippen LogP contribution in [0.15, 0.2) is 0 Å². The van der Waals surface area contributed by atoms with Crippen molar-refractivity contribution in [1.29, 1.82) is 0 Å². The van der Waals surface area contributed by atoms with Gasteiger partial charge in [0.2, 0.25) is 0 Å². The standard InChI is InChI=1S/C16H35ClSi/c1-4-7-10-11-12-13-16-18(17,14-8-5-2)15-9-6-3/h4-16H2,1-3H3. The van der Waals surface area contributed by atoms with Crippen LogP contribution in [0.4, 0.5) is 0 Å². The topological polar surface area (TPSA) is 0 Å². The van der Waals surface area contributed by atoms with Crippen LogP contribution in [0.2, 0.25) is 18.1 Å². The van der Waals surface area contributed by atoms with Gasteiger partial charge in [0, 0.05) is 0 Å². The highest BCUT2D eigenvalue weighted by atomic mass is 35.6. The summed E-state index contributed by atoms with van der Waals surface area (Å²) >= 11 is 6.98. The first-order valence-electron chi connectivity index (χ1n) is 8.37. The van der Waals surface area contributed by atoms with Crippen LogP contribution < -0.4 is 0 Å². The second-order valence-corrected chi connectivity index (χ2v) is 12.1. The molecule has 0 unspecified atom stereocenters. The molecule has 0 aromatic heterocycles. The minimum Gasteiger partial charge on any atom is -0.167 e. The second-order valence-electron chi connectivity index (χ2n) is 5.88. The molecule has 0 heterocycles. The van der Waals surface area contributed by atoms with Crippen molar-refractivity contribution in [2.75, 3.05) is 0 Å². The Hall–Kier alpha value is 0.507. The zero-order chi connectivity index (χ0) is 13.7. The zero-order valence-electron chi connectivity index (χ0n) is 13.1. The van der Waals surface area contributed by atoms with E-state index in [-0.39, 0.29) is 0 Å². The van der Waals surface area contributed by atoms with Crippen LogP contribution in [0, 0.1) is 0 Å². The van der Waals surface area contributed by atoms with Crippen LogP contribution in [0.1, 0.15) is 85.0 Å². The Bertz CT molecular complexity index is 162. The molecule has 2 heteroatoms. The normalized spacial score (nSPS) is 12.0. The highest BCUT2D eigenvalue weighted by Gasteiger charge is 2.28. The van der Waals surface area contributed by atoms with Crippen LogP contribution in [-0.2, 0) is 0 Å². The molecule has 0 nitrogen and oxygen atoms in total. The number of halogens is 1. The van der Waals surface area contributed by atoms with E-state index in [9.17, 15) is 0 Å². The second kappa shape index (κ2) is 12.5. The molecule has 0 aromatic rings. The van der Waals surface area contributed by atoms with Crippen LogP contribution in [0.3, 0.4) is 0 Å². The lowest BCUT2D eigenvalue weighted by molar-refractivity contribution is 0.621. The first-order valence-corrected chi connectivity index (χ1v) is 12.0. The molecule has 0 aliphatic heterocycles. The molecule has 110 valence electrons. The van der Waals surface area contributed by atoms with E-state index in [1.54, 1.807) is 0 Å². The van der Waals surface area contributed by atoms with Gasteiger partial charge in [0.05, 0.1) is 0 Å². The van der Waals surface area contributed by atoms with Crippen molar-refractivity contribution in [2.45, 2.75) is 103 Å². The first kappa shape index (κ1) is 18.5. The van der Waals surface area contributed by atoms with Crippen molar-refractivity contribution in [1.82, 2.24) is 0 Å². The molecule has 0 bridgehead atoms. The van der Waals surface area contributed by atoms with Gasteiger partial charge in [-0.1, -0.05) is 85.0 Å². The zero-order valence-corrected chi connectivity index (χ0v) is 14.8. The van der Waals surface area contributed by atoms with Gasteiger partial charge in [-0.3, -0.25) is 0 Å². The lowest BCUT2D eigenvalue weighted by atomic mass is 10.1. The fraction of sp³-hybridized carbons (Fsp3) is 1.00. The number of hydrogen-bond acceptors (Lipinski definition) is 0. The molecule has 0 atom stereocenters. The van der Waals surface area contributed by atoms with Gasteiger partial charge in [-0.25, -0.2) is 0 Å². The van der Waals surface area contributed by atoms with E-state index < -0.39 is 7.38 Å². The Balaban J connectivity index is 3.77. The monoisotopic (exact) mass is 290 g/mol. The molecule has 0 amide bonds. The van der Waals surface area contributed by atoms with Crippen molar-refractivity contribution >= 4 is 18.5 Å². The minimum absolute atomic E-state index is 1.31. The van der Waals surface area contributed by atoms with Crippen LogP contribution in [-0.4, -0.2) is 7.38 Å². The lowest BCUT2D eigenvalue weighted by Crippen LogP contribution is -2.26. The van der Waals surface area contributed by atoms with Gasteiger partial charge in [0.15, 0.2) is 7.38 Å². The Labute approximate surface area is 122 Å². The third-order valence-electron chi connectivity index (χ3n) is 3.94. The van der Waals surface area contributed by atoms with Crippen molar-refractivity contribution < 1.29 is 0 Å². The third-order valence-corrected chi connectivity index (χ3v) is 9.38. The molecule has 0 fully saturated rings. The van der Waals surface area contributed by atoms with Crippen LogP contribution in [0.5, 0.6) is 0 Å². The molecule has 0 aromatic carbocycles. The largest absolute Gasteiger partial charge is 0.167 e. The summed E-state index contributed by atoms with van der Waals surface area (Å²) in [6.45, 7) is 6.86. The Kier molecular flexibility index (Phi) is 12.9. The summed E-state index contributed by atoms with van der Waals surface area (Å²) in [5.41, 5.74) is 0. The SMILES string of the molecule is CCCCCCCC[Si](Cl)(CCCC)CCCC. The highest BCUT2D eigenvalue weighted by molar-refractivity contribution is 7.20. The summed E-state index contributed by atoms with van der Waals surface area (Å²) in [5.74, 6) is 0. The summed E-state index contributed by atoms with van der Waals surface area (Å²) in [6, 6.07) is 4.10. The summed E-state index contributed by atoms with van der Waals surface area (Å²) < 4.78 is 0. The molecule has 0 N–H and O–H groups in total. The van der Waals surface area contributed by atoms with Gasteiger partial charge in [-0.05, 0) is 18.1 Å². The number of hydrogen-bond donors (Lipinski definition) is 0. The van der Waals surface area contributed by atoms with Crippen molar-refractivity contribution in [3.8, 4) is 0 Å². The summed E-state index contributed by atoms with van der Waals surface area (Å²) in [5, 5.41) is 0. The van der Waals surface area contributed by atoms with E-state index in [1.165, 1.54) is 82.3 Å². The average Bonchev–Trinajstić information content (AvgIpc) is 2.38. The van der Waals surface area contributed by atoms with Gasteiger partial charge in [-0.2, -0.15) is 11.1 Å². The van der Waals surface area contributed by atoms with Crippen molar-refractivity contribution in [3.63, 3.8) is 0 Å². The van der Waals surface area contributed by atoms with E-state index in [2.05, 4.69) is 20.8 Å². The fourth-order valence-corrected chi connectivity index (χ4v) is 7.40. The molecular weight excluding hydrogens is 256 g/mol. The van der Waals surface area contributed by atoms with Gasteiger partial charge in [-0.15, -0.1) is 0 Å². The number of rotatable bonds is 13. The lowest BCUT2D eigenvalue weighted by Gasteiger charge is -2.24. The van der Waals surface area contributed by atoms with E-state index in [0.29, 0.717) is 0 Å². The minimum atomic E-state index is -1.39. The molecule has 0 radical (unpaired) electrons. The van der Waals surface area contributed by atoms with Gasteiger partial charge >= 0.3 is 0 Å². The average molecular weight is 291 g/mol. The van der Waals surface area contributed by atoms with Crippen molar-refractivity contribution in [2.24, 2.45) is 0 Å². The van der Waals surface area contributed by atoms with E-state index in [4.69, 9.17) is 11.1 Å². The summed E-state index contributed by atoms with van der Waals surface area (Å²) in [7, 11) is -1.39. The smallest absolute Gasteiger partial charge is 0.156 e. The summed E-state index contributed by atoms with van der Waals surface area (Å²) in [4.78, 5) is 0. The molecule has 18 heavy (non-hydrogen) atoms. The van der Waals surface area contributed by atoms with Crippen LogP contribution >= 0.6 is 11.1 Å².